The van der Waals surface area contributed by atoms with E-state index in [9.17, 15) is 9.59 Å². The molecule has 0 unspecified atom stereocenters. The van der Waals surface area contributed by atoms with Crippen molar-refractivity contribution in [3.8, 4) is 0 Å². The summed E-state index contributed by atoms with van der Waals surface area (Å²) in [6, 6.07) is 20.1. The molecule has 31 heavy (non-hydrogen) atoms. The van der Waals surface area contributed by atoms with Gasteiger partial charge in [-0.05, 0) is 35.3 Å². The monoisotopic (exact) mass is 420 g/mol. The van der Waals surface area contributed by atoms with E-state index in [-0.39, 0.29) is 29.5 Å². The lowest BCUT2D eigenvalue weighted by molar-refractivity contribution is -0.135. The van der Waals surface area contributed by atoms with Crippen molar-refractivity contribution in [2.75, 3.05) is 20.3 Å². The number of esters is 1. The summed E-state index contributed by atoms with van der Waals surface area (Å²) in [5, 5.41) is 0. The first-order valence-corrected chi connectivity index (χ1v) is 10.7. The SMILES string of the molecule is COC(=O)/C=C1\C(=O)[C@H]2C[C@@H]1[C@@H](COCc1ccccc1)[C@H]2COCc1ccccc1. The number of hydrogen-bond acceptors (Lipinski definition) is 5. The van der Waals surface area contributed by atoms with Crippen LogP contribution in [0.25, 0.3) is 0 Å². The number of Topliss-reactive ketones (excluding diaryl/α,β-unsaturated/α-hetero) is 1. The third-order valence-electron chi connectivity index (χ3n) is 6.43. The Morgan fingerprint density at radius 3 is 1.90 bits per heavy atom. The second-order valence-corrected chi connectivity index (χ2v) is 8.26. The van der Waals surface area contributed by atoms with Crippen molar-refractivity contribution in [1.82, 2.24) is 0 Å². The van der Waals surface area contributed by atoms with Crippen molar-refractivity contribution < 1.29 is 23.8 Å². The molecule has 2 saturated carbocycles. The van der Waals surface area contributed by atoms with Gasteiger partial charge in [0, 0.05) is 17.6 Å². The van der Waals surface area contributed by atoms with Crippen LogP contribution >= 0.6 is 0 Å². The van der Waals surface area contributed by atoms with E-state index in [1.807, 2.05) is 60.7 Å². The molecule has 0 aliphatic heterocycles. The molecule has 2 bridgehead atoms. The van der Waals surface area contributed by atoms with E-state index in [4.69, 9.17) is 14.2 Å². The minimum absolute atomic E-state index is 0.0118. The van der Waals surface area contributed by atoms with Gasteiger partial charge in [-0.25, -0.2) is 4.79 Å². The van der Waals surface area contributed by atoms with Gasteiger partial charge in [0.05, 0.1) is 33.5 Å². The number of fused-ring (bicyclic) bond motifs is 2. The number of methoxy groups -OCH3 is 1. The van der Waals surface area contributed by atoms with Crippen LogP contribution in [0.3, 0.4) is 0 Å². The summed E-state index contributed by atoms with van der Waals surface area (Å²) in [5.41, 5.74) is 2.81. The van der Waals surface area contributed by atoms with Crippen molar-refractivity contribution in [2.45, 2.75) is 19.6 Å². The number of ketones is 1. The van der Waals surface area contributed by atoms with Crippen LogP contribution in [0.1, 0.15) is 17.5 Å². The van der Waals surface area contributed by atoms with Gasteiger partial charge >= 0.3 is 5.97 Å². The van der Waals surface area contributed by atoms with E-state index < -0.39 is 5.97 Å². The highest BCUT2D eigenvalue weighted by molar-refractivity contribution is 6.05. The topological polar surface area (TPSA) is 61.8 Å². The third kappa shape index (κ3) is 4.94. The highest BCUT2D eigenvalue weighted by Crippen LogP contribution is 2.53. The van der Waals surface area contributed by atoms with Gasteiger partial charge in [-0.1, -0.05) is 60.7 Å². The fourth-order valence-electron chi connectivity index (χ4n) is 4.89. The molecule has 2 aromatic carbocycles. The zero-order valence-electron chi connectivity index (χ0n) is 17.7. The normalized spacial score (nSPS) is 25.8. The summed E-state index contributed by atoms with van der Waals surface area (Å²) in [7, 11) is 1.33. The predicted octanol–water partition coefficient (Wildman–Crippen LogP) is 3.97. The Hall–Kier alpha value is -2.76. The lowest BCUT2D eigenvalue weighted by Crippen LogP contribution is -2.36. The predicted molar refractivity (Wildman–Crippen MR) is 116 cm³/mol. The molecule has 0 heterocycles. The number of benzene rings is 2. The summed E-state index contributed by atoms with van der Waals surface area (Å²) in [6.45, 7) is 2.08. The van der Waals surface area contributed by atoms with Crippen molar-refractivity contribution in [2.24, 2.45) is 23.7 Å². The lowest BCUT2D eigenvalue weighted by Gasteiger charge is -2.31. The van der Waals surface area contributed by atoms with Gasteiger partial charge in [-0.2, -0.15) is 0 Å². The lowest BCUT2D eigenvalue weighted by atomic mass is 9.76. The first kappa shape index (κ1) is 21.5. The van der Waals surface area contributed by atoms with Crippen molar-refractivity contribution in [3.63, 3.8) is 0 Å². The van der Waals surface area contributed by atoms with Crippen molar-refractivity contribution in [1.29, 1.82) is 0 Å². The molecule has 2 aromatic rings. The number of carbonyl (C=O) groups is 2. The molecule has 2 fully saturated rings. The van der Waals surface area contributed by atoms with Gasteiger partial charge in [0.25, 0.3) is 0 Å². The van der Waals surface area contributed by atoms with E-state index >= 15 is 0 Å². The molecular weight excluding hydrogens is 392 g/mol. The quantitative estimate of drug-likeness (QED) is 0.454. The average Bonchev–Trinajstić information content (AvgIpc) is 3.31. The van der Waals surface area contributed by atoms with Crippen LogP contribution in [0.5, 0.6) is 0 Å². The molecule has 0 spiro atoms. The zero-order valence-corrected chi connectivity index (χ0v) is 17.7. The van der Waals surface area contributed by atoms with Crippen LogP contribution < -0.4 is 0 Å². The minimum atomic E-state index is -0.475. The molecule has 0 amide bonds. The Bertz CT molecular complexity index is 921. The van der Waals surface area contributed by atoms with Crippen LogP contribution in [0.4, 0.5) is 0 Å². The molecule has 4 atom stereocenters. The molecular formula is C26H28O5. The smallest absolute Gasteiger partial charge is 0.330 e. The molecule has 2 aliphatic rings. The first-order chi connectivity index (χ1) is 15.2. The maximum Gasteiger partial charge on any atom is 0.330 e. The fourth-order valence-corrected chi connectivity index (χ4v) is 4.89. The third-order valence-corrected chi connectivity index (χ3v) is 6.43. The Labute approximate surface area is 183 Å². The van der Waals surface area contributed by atoms with E-state index in [2.05, 4.69) is 0 Å². The second-order valence-electron chi connectivity index (χ2n) is 8.26. The van der Waals surface area contributed by atoms with Gasteiger partial charge < -0.3 is 14.2 Å². The van der Waals surface area contributed by atoms with Crippen LogP contribution in [0, 0.1) is 23.7 Å². The Balaban J connectivity index is 1.43. The van der Waals surface area contributed by atoms with E-state index in [1.54, 1.807) is 0 Å². The highest BCUT2D eigenvalue weighted by Gasteiger charge is 2.55. The molecule has 2 aliphatic carbocycles. The van der Waals surface area contributed by atoms with E-state index in [0.717, 1.165) is 17.5 Å². The largest absolute Gasteiger partial charge is 0.466 e. The van der Waals surface area contributed by atoms with Crippen LogP contribution in [0.2, 0.25) is 0 Å². The molecule has 0 radical (unpaired) electrons. The van der Waals surface area contributed by atoms with Crippen molar-refractivity contribution in [3.05, 3.63) is 83.4 Å². The molecule has 0 N–H and O–H groups in total. The number of ether oxygens (including phenoxy) is 3. The molecule has 5 heteroatoms. The Morgan fingerprint density at radius 2 is 1.39 bits per heavy atom. The maximum atomic E-state index is 12.9. The van der Waals surface area contributed by atoms with Gasteiger partial charge in [0.1, 0.15) is 0 Å². The van der Waals surface area contributed by atoms with E-state index in [1.165, 1.54) is 13.2 Å². The first-order valence-electron chi connectivity index (χ1n) is 10.7. The van der Waals surface area contributed by atoms with Gasteiger partial charge in [-0.15, -0.1) is 0 Å². The summed E-state index contributed by atoms with van der Waals surface area (Å²) in [4.78, 5) is 24.7. The molecule has 0 aromatic heterocycles. The van der Waals surface area contributed by atoms with Crippen LogP contribution in [-0.4, -0.2) is 32.1 Å². The number of hydrogen-bond donors (Lipinski definition) is 0. The minimum Gasteiger partial charge on any atom is -0.466 e. The van der Waals surface area contributed by atoms with Crippen LogP contribution in [-0.2, 0) is 37.0 Å². The zero-order chi connectivity index (χ0) is 21.6. The summed E-state index contributed by atoms with van der Waals surface area (Å²) >= 11 is 0. The number of allylic oxidation sites excluding steroid dienone is 1. The summed E-state index contributed by atoms with van der Waals surface area (Å²) in [5.74, 6) is -0.302. The molecule has 0 saturated heterocycles. The molecule has 162 valence electrons. The summed E-state index contributed by atoms with van der Waals surface area (Å²) < 4.78 is 16.8. The Morgan fingerprint density at radius 1 is 0.871 bits per heavy atom. The van der Waals surface area contributed by atoms with E-state index in [0.29, 0.717) is 32.0 Å². The second kappa shape index (κ2) is 10.0. The molecule has 5 nitrogen and oxygen atoms in total. The average molecular weight is 421 g/mol. The van der Waals surface area contributed by atoms with Crippen molar-refractivity contribution >= 4 is 11.8 Å². The number of rotatable bonds is 9. The maximum absolute atomic E-state index is 12.9. The van der Waals surface area contributed by atoms with Crippen LogP contribution in [0.15, 0.2) is 72.3 Å². The van der Waals surface area contributed by atoms with Gasteiger partial charge in [0.15, 0.2) is 5.78 Å². The van der Waals surface area contributed by atoms with Gasteiger partial charge in [-0.3, -0.25) is 4.79 Å². The number of carbonyl (C=O) groups excluding carboxylic acids is 2. The van der Waals surface area contributed by atoms with Gasteiger partial charge in [0.2, 0.25) is 0 Å². The fraction of sp³-hybridized carbons (Fsp3) is 0.385. The Kier molecular flexibility index (Phi) is 6.95. The molecule has 4 rings (SSSR count). The summed E-state index contributed by atoms with van der Waals surface area (Å²) in [6.07, 6.45) is 2.12. The standard InChI is InChI=1S/C26H28O5/c1-29-25(27)13-22-20-12-21(26(22)28)24(17-31-15-19-10-6-3-7-11-19)23(20)16-30-14-18-8-4-2-5-9-18/h2-11,13,20-21,23-24H,12,14-17H2,1H3/b22-13-/t20-,21-,23+,24-/m0/s1. The highest BCUT2D eigenvalue weighted by atomic mass is 16.5.